The highest BCUT2D eigenvalue weighted by molar-refractivity contribution is 5.81. The lowest BCUT2D eigenvalue weighted by atomic mass is 9.95. The SMILES string of the molecule is Cc1ccccc1-c1c(C)cccc1N. The van der Waals surface area contributed by atoms with Crippen LogP contribution in [0.2, 0.25) is 0 Å². The smallest absolute Gasteiger partial charge is 0.0396 e. The first-order chi connectivity index (χ1) is 7.20. The first-order valence-electron chi connectivity index (χ1n) is 5.11. The van der Waals surface area contributed by atoms with E-state index in [1.807, 2.05) is 24.3 Å². The van der Waals surface area contributed by atoms with E-state index in [0.29, 0.717) is 0 Å². The van der Waals surface area contributed by atoms with Gasteiger partial charge in [-0.15, -0.1) is 0 Å². The zero-order valence-corrected chi connectivity index (χ0v) is 9.12. The van der Waals surface area contributed by atoms with Crippen LogP contribution in [0.25, 0.3) is 11.1 Å². The molecule has 0 saturated carbocycles. The number of hydrogen-bond acceptors (Lipinski definition) is 1. The molecule has 0 aliphatic heterocycles. The van der Waals surface area contributed by atoms with Gasteiger partial charge in [0.1, 0.15) is 0 Å². The number of aryl methyl sites for hydroxylation is 2. The van der Waals surface area contributed by atoms with Crippen molar-refractivity contribution in [2.75, 3.05) is 5.73 Å². The molecule has 2 rings (SSSR count). The van der Waals surface area contributed by atoms with Crippen LogP contribution in [0.5, 0.6) is 0 Å². The monoisotopic (exact) mass is 197 g/mol. The van der Waals surface area contributed by atoms with Crippen LogP contribution in [0.1, 0.15) is 11.1 Å². The summed E-state index contributed by atoms with van der Waals surface area (Å²) in [7, 11) is 0. The fourth-order valence-corrected chi connectivity index (χ4v) is 1.91. The second-order valence-electron chi connectivity index (χ2n) is 3.85. The molecule has 0 aliphatic rings. The minimum atomic E-state index is 0.851. The summed E-state index contributed by atoms with van der Waals surface area (Å²) in [4.78, 5) is 0. The Bertz CT molecular complexity index is 466. The first kappa shape index (κ1) is 9.78. The fraction of sp³-hybridized carbons (Fsp3) is 0.143. The molecular formula is C14H15N. The summed E-state index contributed by atoms with van der Waals surface area (Å²) in [6, 6.07) is 14.4. The Hall–Kier alpha value is -1.76. The van der Waals surface area contributed by atoms with Gasteiger partial charge in [0.25, 0.3) is 0 Å². The average molecular weight is 197 g/mol. The molecule has 0 aliphatic carbocycles. The van der Waals surface area contributed by atoms with Gasteiger partial charge in [0.15, 0.2) is 0 Å². The van der Waals surface area contributed by atoms with Gasteiger partial charge in [-0.2, -0.15) is 0 Å². The van der Waals surface area contributed by atoms with Crippen molar-refractivity contribution in [3.8, 4) is 11.1 Å². The molecule has 1 nitrogen and oxygen atoms in total. The predicted octanol–water partition coefficient (Wildman–Crippen LogP) is 3.55. The highest BCUT2D eigenvalue weighted by atomic mass is 14.6. The van der Waals surface area contributed by atoms with Crippen molar-refractivity contribution >= 4 is 5.69 Å². The molecule has 0 radical (unpaired) electrons. The molecule has 76 valence electrons. The van der Waals surface area contributed by atoms with E-state index >= 15 is 0 Å². The lowest BCUT2D eigenvalue weighted by molar-refractivity contribution is 1.41. The summed E-state index contributed by atoms with van der Waals surface area (Å²) in [5, 5.41) is 0. The van der Waals surface area contributed by atoms with Crippen molar-refractivity contribution < 1.29 is 0 Å². The van der Waals surface area contributed by atoms with E-state index in [-0.39, 0.29) is 0 Å². The Morgan fingerprint density at radius 1 is 0.800 bits per heavy atom. The summed E-state index contributed by atoms with van der Waals surface area (Å²) < 4.78 is 0. The number of nitrogen functional groups attached to an aromatic ring is 1. The average Bonchev–Trinajstić information content (AvgIpc) is 2.20. The van der Waals surface area contributed by atoms with Gasteiger partial charge in [-0.1, -0.05) is 36.4 Å². The Kier molecular flexibility index (Phi) is 2.46. The Labute approximate surface area is 90.6 Å². The van der Waals surface area contributed by atoms with Gasteiger partial charge in [0.05, 0.1) is 0 Å². The van der Waals surface area contributed by atoms with Crippen molar-refractivity contribution in [3.05, 3.63) is 53.6 Å². The van der Waals surface area contributed by atoms with Crippen LogP contribution in [0.4, 0.5) is 5.69 Å². The zero-order chi connectivity index (χ0) is 10.8. The van der Waals surface area contributed by atoms with Gasteiger partial charge in [0.2, 0.25) is 0 Å². The maximum Gasteiger partial charge on any atom is 0.0396 e. The second-order valence-corrected chi connectivity index (χ2v) is 3.85. The van der Waals surface area contributed by atoms with Crippen molar-refractivity contribution in [2.24, 2.45) is 0 Å². The van der Waals surface area contributed by atoms with Gasteiger partial charge < -0.3 is 5.73 Å². The highest BCUT2D eigenvalue weighted by Crippen LogP contribution is 2.31. The van der Waals surface area contributed by atoms with Gasteiger partial charge in [0, 0.05) is 11.3 Å². The van der Waals surface area contributed by atoms with Crippen LogP contribution in [0, 0.1) is 13.8 Å². The first-order valence-corrected chi connectivity index (χ1v) is 5.11. The summed E-state index contributed by atoms with van der Waals surface area (Å²) in [5.41, 5.74) is 11.8. The molecular weight excluding hydrogens is 182 g/mol. The summed E-state index contributed by atoms with van der Waals surface area (Å²) in [5.74, 6) is 0. The van der Waals surface area contributed by atoms with Crippen molar-refractivity contribution in [1.29, 1.82) is 0 Å². The maximum atomic E-state index is 6.02. The van der Waals surface area contributed by atoms with Gasteiger partial charge >= 0.3 is 0 Å². The van der Waals surface area contributed by atoms with Crippen LogP contribution in [0.15, 0.2) is 42.5 Å². The molecule has 2 aromatic rings. The summed E-state index contributed by atoms with van der Waals surface area (Å²) in [6.45, 7) is 4.21. The van der Waals surface area contributed by atoms with Crippen molar-refractivity contribution in [3.63, 3.8) is 0 Å². The predicted molar refractivity (Wildman–Crippen MR) is 65.8 cm³/mol. The topological polar surface area (TPSA) is 26.0 Å². The molecule has 1 heteroatoms. The van der Waals surface area contributed by atoms with Crippen molar-refractivity contribution in [2.45, 2.75) is 13.8 Å². The Morgan fingerprint density at radius 3 is 2.13 bits per heavy atom. The quantitative estimate of drug-likeness (QED) is 0.695. The molecule has 0 saturated heterocycles. The normalized spacial score (nSPS) is 10.3. The lowest BCUT2D eigenvalue weighted by Crippen LogP contribution is -1.94. The van der Waals surface area contributed by atoms with E-state index in [1.54, 1.807) is 0 Å². The standard InChI is InChI=1S/C14H15N/c1-10-6-3-4-8-12(10)14-11(2)7-5-9-13(14)15/h3-9H,15H2,1-2H3. The number of anilines is 1. The van der Waals surface area contributed by atoms with Crippen LogP contribution >= 0.6 is 0 Å². The van der Waals surface area contributed by atoms with E-state index in [9.17, 15) is 0 Å². The molecule has 0 spiro atoms. The minimum absolute atomic E-state index is 0.851. The maximum absolute atomic E-state index is 6.02. The van der Waals surface area contributed by atoms with E-state index in [4.69, 9.17) is 5.73 Å². The lowest BCUT2D eigenvalue weighted by Gasteiger charge is -2.11. The Morgan fingerprint density at radius 2 is 1.47 bits per heavy atom. The third-order valence-electron chi connectivity index (χ3n) is 2.72. The third kappa shape index (κ3) is 1.73. The summed E-state index contributed by atoms with van der Waals surface area (Å²) >= 11 is 0. The second kappa shape index (κ2) is 3.77. The molecule has 0 fully saturated rings. The number of nitrogens with two attached hydrogens (primary N) is 1. The Balaban J connectivity index is 2.69. The van der Waals surface area contributed by atoms with Crippen LogP contribution in [-0.4, -0.2) is 0 Å². The molecule has 2 N–H and O–H groups in total. The largest absolute Gasteiger partial charge is 0.398 e. The van der Waals surface area contributed by atoms with E-state index in [1.165, 1.54) is 16.7 Å². The van der Waals surface area contributed by atoms with Gasteiger partial charge in [-0.05, 0) is 36.6 Å². The van der Waals surface area contributed by atoms with E-state index in [0.717, 1.165) is 11.3 Å². The zero-order valence-electron chi connectivity index (χ0n) is 9.12. The molecule has 2 aromatic carbocycles. The molecule has 0 bridgehead atoms. The van der Waals surface area contributed by atoms with Gasteiger partial charge in [-0.25, -0.2) is 0 Å². The summed E-state index contributed by atoms with van der Waals surface area (Å²) in [6.07, 6.45) is 0. The van der Waals surface area contributed by atoms with E-state index in [2.05, 4.69) is 32.0 Å². The fourth-order valence-electron chi connectivity index (χ4n) is 1.91. The molecule has 0 aromatic heterocycles. The highest BCUT2D eigenvalue weighted by Gasteiger charge is 2.07. The minimum Gasteiger partial charge on any atom is -0.398 e. The molecule has 0 atom stereocenters. The molecule has 0 amide bonds. The number of benzene rings is 2. The van der Waals surface area contributed by atoms with Crippen LogP contribution in [0.3, 0.4) is 0 Å². The molecule has 0 heterocycles. The van der Waals surface area contributed by atoms with Crippen molar-refractivity contribution in [1.82, 2.24) is 0 Å². The van der Waals surface area contributed by atoms with Crippen LogP contribution < -0.4 is 5.73 Å². The number of hydrogen-bond donors (Lipinski definition) is 1. The van der Waals surface area contributed by atoms with Gasteiger partial charge in [-0.3, -0.25) is 0 Å². The third-order valence-corrected chi connectivity index (χ3v) is 2.72. The molecule has 0 unspecified atom stereocenters. The van der Waals surface area contributed by atoms with E-state index < -0.39 is 0 Å². The van der Waals surface area contributed by atoms with Crippen LogP contribution in [-0.2, 0) is 0 Å². The number of rotatable bonds is 1. The molecule has 15 heavy (non-hydrogen) atoms.